The van der Waals surface area contributed by atoms with Crippen molar-refractivity contribution in [3.8, 4) is 0 Å². The van der Waals surface area contributed by atoms with E-state index in [0.717, 1.165) is 11.8 Å². The molecule has 0 aliphatic heterocycles. The predicted molar refractivity (Wildman–Crippen MR) is 85.1 cm³/mol. The summed E-state index contributed by atoms with van der Waals surface area (Å²) in [6.07, 6.45) is 4.38. The van der Waals surface area contributed by atoms with Gasteiger partial charge >= 0.3 is 0 Å². The van der Waals surface area contributed by atoms with E-state index >= 15 is 0 Å². The van der Waals surface area contributed by atoms with Crippen molar-refractivity contribution in [1.82, 2.24) is 10.3 Å². The molecule has 6 nitrogen and oxygen atoms in total. The Morgan fingerprint density at radius 1 is 1.18 bits per heavy atom. The molecule has 0 fully saturated rings. The Labute approximate surface area is 129 Å². The summed E-state index contributed by atoms with van der Waals surface area (Å²) in [5.74, 6) is -0.258. The number of sulfonamides is 1. The molecule has 1 heterocycles. The highest BCUT2D eigenvalue weighted by molar-refractivity contribution is 7.92. The van der Waals surface area contributed by atoms with Gasteiger partial charge in [0, 0.05) is 24.5 Å². The number of pyridine rings is 1. The van der Waals surface area contributed by atoms with Gasteiger partial charge in [-0.05, 0) is 42.3 Å². The molecule has 0 bridgehead atoms. The molecule has 2 N–H and O–H groups in total. The van der Waals surface area contributed by atoms with Gasteiger partial charge < -0.3 is 5.32 Å². The third-order valence-corrected chi connectivity index (χ3v) is 3.67. The molecule has 2 aromatic rings. The third-order valence-electron chi connectivity index (χ3n) is 3.08. The second-order valence-corrected chi connectivity index (χ2v) is 6.64. The van der Waals surface area contributed by atoms with Gasteiger partial charge in [-0.2, -0.15) is 0 Å². The van der Waals surface area contributed by atoms with Crippen molar-refractivity contribution in [2.24, 2.45) is 0 Å². The molecule has 0 spiro atoms. The van der Waals surface area contributed by atoms with Gasteiger partial charge in [0.05, 0.1) is 11.9 Å². The highest BCUT2D eigenvalue weighted by Crippen LogP contribution is 2.20. The van der Waals surface area contributed by atoms with Crippen LogP contribution in [0.1, 0.15) is 21.5 Å². The Morgan fingerprint density at radius 3 is 2.50 bits per heavy atom. The number of hydrogen-bond donors (Lipinski definition) is 2. The van der Waals surface area contributed by atoms with Gasteiger partial charge in [0.25, 0.3) is 5.91 Å². The quantitative estimate of drug-likeness (QED) is 0.878. The largest absolute Gasteiger partial charge is 0.348 e. The van der Waals surface area contributed by atoms with E-state index in [-0.39, 0.29) is 5.91 Å². The zero-order valence-corrected chi connectivity index (χ0v) is 13.1. The minimum Gasteiger partial charge on any atom is -0.348 e. The number of nitrogens with one attached hydrogen (secondary N) is 2. The van der Waals surface area contributed by atoms with Crippen molar-refractivity contribution in [2.75, 3.05) is 11.0 Å². The highest BCUT2D eigenvalue weighted by atomic mass is 32.2. The van der Waals surface area contributed by atoms with Crippen LogP contribution in [0.3, 0.4) is 0 Å². The Hall–Kier alpha value is -2.41. The van der Waals surface area contributed by atoms with Crippen molar-refractivity contribution < 1.29 is 13.2 Å². The van der Waals surface area contributed by atoms with E-state index < -0.39 is 10.0 Å². The van der Waals surface area contributed by atoms with E-state index in [4.69, 9.17) is 0 Å². The molecule has 0 aliphatic rings. The summed E-state index contributed by atoms with van der Waals surface area (Å²) in [6, 6.07) is 8.55. The molecule has 0 saturated carbocycles. The summed E-state index contributed by atoms with van der Waals surface area (Å²) in [4.78, 5) is 16.2. The topological polar surface area (TPSA) is 88.2 Å². The summed E-state index contributed by atoms with van der Waals surface area (Å²) in [5, 5.41) is 2.80. The van der Waals surface area contributed by atoms with Crippen LogP contribution in [0.2, 0.25) is 0 Å². The molecule has 22 heavy (non-hydrogen) atoms. The van der Waals surface area contributed by atoms with E-state index in [1.807, 2.05) is 12.1 Å². The summed E-state index contributed by atoms with van der Waals surface area (Å²) in [7, 11) is -3.39. The fourth-order valence-electron chi connectivity index (χ4n) is 1.97. The van der Waals surface area contributed by atoms with E-state index in [1.54, 1.807) is 37.5 Å². The SMILES string of the molecule is Cc1c(NS(C)(=O)=O)cccc1C(=O)NCc1ccncc1. The first-order chi connectivity index (χ1) is 10.4. The van der Waals surface area contributed by atoms with Crippen LogP contribution < -0.4 is 10.0 Å². The maximum Gasteiger partial charge on any atom is 0.251 e. The second kappa shape index (κ2) is 6.57. The highest BCUT2D eigenvalue weighted by Gasteiger charge is 2.13. The lowest BCUT2D eigenvalue weighted by Gasteiger charge is -2.12. The fourth-order valence-corrected chi connectivity index (χ4v) is 2.59. The molecule has 2 rings (SSSR count). The first-order valence-electron chi connectivity index (χ1n) is 6.61. The number of anilines is 1. The van der Waals surface area contributed by atoms with Crippen molar-refractivity contribution in [3.63, 3.8) is 0 Å². The summed E-state index contributed by atoms with van der Waals surface area (Å²) >= 11 is 0. The van der Waals surface area contributed by atoms with Crippen LogP contribution >= 0.6 is 0 Å². The number of nitrogens with zero attached hydrogens (tertiary/aromatic N) is 1. The maximum absolute atomic E-state index is 12.3. The lowest BCUT2D eigenvalue weighted by atomic mass is 10.1. The Bertz CT molecular complexity index is 774. The molecule has 0 radical (unpaired) electrons. The standard InChI is InChI=1S/C15H17N3O3S/c1-11-13(4-3-5-14(11)18-22(2,20)21)15(19)17-10-12-6-8-16-9-7-12/h3-9,18H,10H2,1-2H3,(H,17,19). The van der Waals surface area contributed by atoms with Crippen LogP contribution in [0.4, 0.5) is 5.69 Å². The lowest BCUT2D eigenvalue weighted by molar-refractivity contribution is 0.0950. The normalized spacial score (nSPS) is 11.0. The number of hydrogen-bond acceptors (Lipinski definition) is 4. The number of aromatic nitrogens is 1. The smallest absolute Gasteiger partial charge is 0.251 e. The molecule has 1 amide bonds. The Morgan fingerprint density at radius 2 is 1.86 bits per heavy atom. The monoisotopic (exact) mass is 319 g/mol. The average molecular weight is 319 g/mol. The molecule has 1 aromatic carbocycles. The van der Waals surface area contributed by atoms with Crippen LogP contribution in [0.5, 0.6) is 0 Å². The van der Waals surface area contributed by atoms with E-state index in [0.29, 0.717) is 23.4 Å². The first-order valence-corrected chi connectivity index (χ1v) is 8.50. The predicted octanol–water partition coefficient (Wildman–Crippen LogP) is 1.69. The minimum absolute atomic E-state index is 0.258. The number of rotatable bonds is 5. The Balaban J connectivity index is 2.14. The molecule has 0 atom stereocenters. The van der Waals surface area contributed by atoms with Crippen LogP contribution in [0.25, 0.3) is 0 Å². The van der Waals surface area contributed by atoms with Crippen molar-refractivity contribution in [1.29, 1.82) is 0 Å². The molecule has 0 aliphatic carbocycles. The maximum atomic E-state index is 12.3. The first kappa shape index (κ1) is 16.0. The van der Waals surface area contributed by atoms with Crippen LogP contribution in [-0.4, -0.2) is 25.6 Å². The average Bonchev–Trinajstić information content (AvgIpc) is 2.47. The second-order valence-electron chi connectivity index (χ2n) is 4.89. The van der Waals surface area contributed by atoms with Crippen LogP contribution in [-0.2, 0) is 16.6 Å². The zero-order valence-electron chi connectivity index (χ0n) is 12.3. The van der Waals surface area contributed by atoms with Crippen LogP contribution in [0, 0.1) is 6.92 Å². The van der Waals surface area contributed by atoms with Gasteiger partial charge in [-0.3, -0.25) is 14.5 Å². The molecular formula is C15H17N3O3S. The van der Waals surface area contributed by atoms with Crippen molar-refractivity contribution in [3.05, 3.63) is 59.4 Å². The van der Waals surface area contributed by atoms with Gasteiger partial charge in [0.1, 0.15) is 0 Å². The van der Waals surface area contributed by atoms with Gasteiger partial charge in [-0.25, -0.2) is 8.42 Å². The fraction of sp³-hybridized carbons (Fsp3) is 0.200. The molecule has 1 aromatic heterocycles. The zero-order chi connectivity index (χ0) is 16.2. The third kappa shape index (κ3) is 4.29. The molecule has 0 unspecified atom stereocenters. The van der Waals surface area contributed by atoms with Gasteiger partial charge in [-0.1, -0.05) is 6.07 Å². The number of carbonyl (C=O) groups is 1. The van der Waals surface area contributed by atoms with Gasteiger partial charge in [0.2, 0.25) is 10.0 Å². The number of amides is 1. The summed E-state index contributed by atoms with van der Waals surface area (Å²) in [6.45, 7) is 2.08. The molecule has 7 heteroatoms. The number of carbonyl (C=O) groups excluding carboxylic acids is 1. The molecule has 116 valence electrons. The lowest BCUT2D eigenvalue weighted by Crippen LogP contribution is -2.24. The molecular weight excluding hydrogens is 302 g/mol. The summed E-state index contributed by atoms with van der Waals surface area (Å²) < 4.78 is 25.1. The summed E-state index contributed by atoms with van der Waals surface area (Å²) in [5.41, 5.74) is 2.35. The van der Waals surface area contributed by atoms with Gasteiger partial charge in [0.15, 0.2) is 0 Å². The van der Waals surface area contributed by atoms with E-state index in [9.17, 15) is 13.2 Å². The van der Waals surface area contributed by atoms with Crippen LogP contribution in [0.15, 0.2) is 42.7 Å². The minimum atomic E-state index is -3.39. The van der Waals surface area contributed by atoms with E-state index in [1.165, 1.54) is 0 Å². The van der Waals surface area contributed by atoms with Gasteiger partial charge in [-0.15, -0.1) is 0 Å². The number of benzene rings is 1. The molecule has 0 saturated heterocycles. The van der Waals surface area contributed by atoms with Crippen molar-refractivity contribution >= 4 is 21.6 Å². The van der Waals surface area contributed by atoms with E-state index in [2.05, 4.69) is 15.0 Å². The van der Waals surface area contributed by atoms with Crippen molar-refractivity contribution in [2.45, 2.75) is 13.5 Å². The Kier molecular flexibility index (Phi) is 4.77.